The van der Waals surface area contributed by atoms with Gasteiger partial charge in [-0.25, -0.2) is 4.98 Å². The molecule has 6 heteroatoms. The van der Waals surface area contributed by atoms with Gasteiger partial charge in [0.05, 0.1) is 22.9 Å². The molecule has 1 aliphatic carbocycles. The molecular weight excluding hydrogens is 326 g/mol. The summed E-state index contributed by atoms with van der Waals surface area (Å²) >= 11 is 0. The van der Waals surface area contributed by atoms with E-state index in [0.29, 0.717) is 17.7 Å². The number of carbonyl (C=O) groups is 1. The molecule has 0 aliphatic heterocycles. The topological polar surface area (TPSA) is 72.7 Å². The highest BCUT2D eigenvalue weighted by molar-refractivity contribution is 6.01. The van der Waals surface area contributed by atoms with E-state index in [-0.39, 0.29) is 5.91 Å². The summed E-state index contributed by atoms with van der Waals surface area (Å²) in [5.74, 6) is 0.398. The first kappa shape index (κ1) is 16.4. The average Bonchev–Trinajstić information content (AvgIpc) is 3.05. The highest BCUT2D eigenvalue weighted by atomic mass is 16.1. The number of benzene rings is 1. The lowest BCUT2D eigenvalue weighted by Gasteiger charge is -2.25. The van der Waals surface area contributed by atoms with E-state index in [1.807, 2.05) is 18.2 Å². The maximum Gasteiger partial charge on any atom is 0.250 e. The van der Waals surface area contributed by atoms with Gasteiger partial charge in [0.15, 0.2) is 0 Å². The van der Waals surface area contributed by atoms with Gasteiger partial charge in [-0.15, -0.1) is 0 Å². The lowest BCUT2D eigenvalue weighted by molar-refractivity contribution is -0.111. The SMILES string of the molecule is O=C(C=Cc1cnccn1)Nc1nc2ccccc2n1C1CCCCC1. The Balaban J connectivity index is 1.61. The minimum Gasteiger partial charge on any atom is -0.307 e. The number of fused-ring (bicyclic) bond motifs is 1. The number of aromatic nitrogens is 4. The van der Waals surface area contributed by atoms with Crippen molar-refractivity contribution in [1.82, 2.24) is 19.5 Å². The predicted octanol–water partition coefficient (Wildman–Crippen LogP) is 3.98. The van der Waals surface area contributed by atoms with Gasteiger partial charge in [0.1, 0.15) is 0 Å². The third-order valence-corrected chi connectivity index (χ3v) is 4.76. The van der Waals surface area contributed by atoms with Crippen LogP contribution in [0.5, 0.6) is 0 Å². The highest BCUT2D eigenvalue weighted by Crippen LogP contribution is 2.34. The number of para-hydroxylation sites is 2. The minimum absolute atomic E-state index is 0.219. The number of nitrogens with one attached hydrogen (secondary N) is 1. The van der Waals surface area contributed by atoms with Crippen LogP contribution in [-0.2, 0) is 4.79 Å². The van der Waals surface area contributed by atoms with E-state index >= 15 is 0 Å². The number of rotatable bonds is 4. The number of nitrogens with zero attached hydrogens (tertiary/aromatic N) is 4. The van der Waals surface area contributed by atoms with Crippen LogP contribution in [0.15, 0.2) is 48.9 Å². The fourth-order valence-electron chi connectivity index (χ4n) is 3.55. The Morgan fingerprint density at radius 2 is 2.00 bits per heavy atom. The summed E-state index contributed by atoms with van der Waals surface area (Å²) < 4.78 is 2.20. The van der Waals surface area contributed by atoms with Crippen LogP contribution in [0.2, 0.25) is 0 Å². The number of amides is 1. The van der Waals surface area contributed by atoms with Crippen molar-refractivity contribution in [2.45, 2.75) is 38.1 Å². The number of hydrogen-bond donors (Lipinski definition) is 1. The molecule has 0 spiro atoms. The van der Waals surface area contributed by atoms with Crippen LogP contribution in [0, 0.1) is 0 Å². The Morgan fingerprint density at radius 3 is 2.81 bits per heavy atom. The van der Waals surface area contributed by atoms with Crippen molar-refractivity contribution in [1.29, 1.82) is 0 Å². The standard InChI is InChI=1S/C20H21N5O/c26-19(11-10-15-14-21-12-13-22-15)24-20-23-17-8-4-5-9-18(17)25(20)16-6-2-1-3-7-16/h4-5,8-14,16H,1-3,6-7H2,(H,23,24,26). The van der Waals surface area contributed by atoms with Gasteiger partial charge in [-0.05, 0) is 31.1 Å². The summed E-state index contributed by atoms with van der Waals surface area (Å²) in [6.45, 7) is 0. The van der Waals surface area contributed by atoms with E-state index in [1.165, 1.54) is 25.3 Å². The Morgan fingerprint density at radius 1 is 1.15 bits per heavy atom. The van der Waals surface area contributed by atoms with Crippen molar-refractivity contribution < 1.29 is 4.79 Å². The van der Waals surface area contributed by atoms with Crippen molar-refractivity contribution in [2.24, 2.45) is 0 Å². The van der Waals surface area contributed by atoms with Crippen LogP contribution >= 0.6 is 0 Å². The summed E-state index contributed by atoms with van der Waals surface area (Å²) in [6, 6.07) is 8.43. The molecule has 0 bridgehead atoms. The van der Waals surface area contributed by atoms with Gasteiger partial charge in [-0.2, -0.15) is 0 Å². The molecule has 3 aromatic rings. The first-order valence-electron chi connectivity index (χ1n) is 9.03. The zero-order chi connectivity index (χ0) is 17.8. The second kappa shape index (κ2) is 7.47. The monoisotopic (exact) mass is 347 g/mol. The quantitative estimate of drug-likeness (QED) is 0.725. The van der Waals surface area contributed by atoms with Crippen molar-refractivity contribution in [2.75, 3.05) is 5.32 Å². The van der Waals surface area contributed by atoms with Gasteiger partial charge in [0, 0.05) is 24.5 Å². The maximum atomic E-state index is 12.4. The first-order valence-corrected chi connectivity index (χ1v) is 9.03. The predicted molar refractivity (Wildman–Crippen MR) is 102 cm³/mol. The lowest BCUT2D eigenvalue weighted by Crippen LogP contribution is -2.18. The summed E-state index contributed by atoms with van der Waals surface area (Å²) in [7, 11) is 0. The molecule has 132 valence electrons. The van der Waals surface area contributed by atoms with E-state index in [9.17, 15) is 4.79 Å². The van der Waals surface area contributed by atoms with Gasteiger partial charge >= 0.3 is 0 Å². The molecule has 1 amide bonds. The smallest absolute Gasteiger partial charge is 0.250 e. The maximum absolute atomic E-state index is 12.4. The largest absolute Gasteiger partial charge is 0.307 e. The van der Waals surface area contributed by atoms with Crippen molar-refractivity contribution in [3.05, 3.63) is 54.6 Å². The molecule has 1 fully saturated rings. The van der Waals surface area contributed by atoms with E-state index < -0.39 is 0 Å². The van der Waals surface area contributed by atoms with Gasteiger partial charge in [0.25, 0.3) is 5.91 Å². The minimum atomic E-state index is -0.219. The summed E-state index contributed by atoms with van der Waals surface area (Å²) in [4.78, 5) is 25.2. The van der Waals surface area contributed by atoms with E-state index in [0.717, 1.165) is 23.9 Å². The Kier molecular flexibility index (Phi) is 4.73. The molecule has 0 radical (unpaired) electrons. The summed E-state index contributed by atoms with van der Waals surface area (Å²) in [5, 5.41) is 2.95. The molecule has 0 atom stereocenters. The van der Waals surface area contributed by atoms with Crippen LogP contribution in [-0.4, -0.2) is 25.4 Å². The number of imidazole rings is 1. The normalized spacial score (nSPS) is 15.5. The fraction of sp³-hybridized carbons (Fsp3) is 0.300. The number of anilines is 1. The molecule has 1 N–H and O–H groups in total. The number of hydrogen-bond acceptors (Lipinski definition) is 4. The Labute approximate surface area is 152 Å². The van der Waals surface area contributed by atoms with Gasteiger partial charge in [-0.3, -0.25) is 20.1 Å². The molecule has 1 aromatic carbocycles. The third kappa shape index (κ3) is 3.49. The second-order valence-electron chi connectivity index (χ2n) is 6.54. The molecule has 1 saturated carbocycles. The lowest BCUT2D eigenvalue weighted by atomic mass is 9.95. The molecule has 0 saturated heterocycles. The van der Waals surface area contributed by atoms with Gasteiger partial charge in [0.2, 0.25) is 5.95 Å². The summed E-state index contributed by atoms with van der Waals surface area (Å²) in [5.41, 5.74) is 2.63. The molecular formula is C20H21N5O. The van der Waals surface area contributed by atoms with E-state index in [1.54, 1.807) is 24.7 Å². The number of carbonyl (C=O) groups excluding carboxylic acids is 1. The zero-order valence-corrected chi connectivity index (χ0v) is 14.5. The Hall–Kier alpha value is -3.02. The van der Waals surface area contributed by atoms with E-state index in [2.05, 4.69) is 30.9 Å². The molecule has 1 aliphatic rings. The fourth-order valence-corrected chi connectivity index (χ4v) is 3.55. The molecule has 26 heavy (non-hydrogen) atoms. The zero-order valence-electron chi connectivity index (χ0n) is 14.5. The van der Waals surface area contributed by atoms with Crippen molar-refractivity contribution >= 4 is 29.0 Å². The van der Waals surface area contributed by atoms with Crippen LogP contribution in [0.4, 0.5) is 5.95 Å². The van der Waals surface area contributed by atoms with Crippen LogP contribution in [0.3, 0.4) is 0 Å². The first-order chi connectivity index (χ1) is 12.8. The van der Waals surface area contributed by atoms with Crippen molar-refractivity contribution in [3.8, 4) is 0 Å². The van der Waals surface area contributed by atoms with Crippen LogP contribution < -0.4 is 5.32 Å². The average molecular weight is 347 g/mol. The molecule has 4 rings (SSSR count). The van der Waals surface area contributed by atoms with Crippen LogP contribution in [0.25, 0.3) is 17.1 Å². The summed E-state index contributed by atoms with van der Waals surface area (Å²) in [6.07, 6.45) is 13.9. The molecule has 2 heterocycles. The van der Waals surface area contributed by atoms with E-state index in [4.69, 9.17) is 0 Å². The second-order valence-corrected chi connectivity index (χ2v) is 6.54. The highest BCUT2D eigenvalue weighted by Gasteiger charge is 2.21. The van der Waals surface area contributed by atoms with Gasteiger partial charge in [-0.1, -0.05) is 31.4 Å². The Bertz CT molecular complexity index is 926. The molecule has 2 aromatic heterocycles. The third-order valence-electron chi connectivity index (χ3n) is 4.76. The molecule has 6 nitrogen and oxygen atoms in total. The van der Waals surface area contributed by atoms with Gasteiger partial charge < -0.3 is 4.57 Å². The van der Waals surface area contributed by atoms with Crippen LogP contribution in [0.1, 0.15) is 43.8 Å². The van der Waals surface area contributed by atoms with Crippen molar-refractivity contribution in [3.63, 3.8) is 0 Å². The molecule has 0 unspecified atom stereocenters.